The Morgan fingerprint density at radius 3 is 1.97 bits per heavy atom. The summed E-state index contributed by atoms with van der Waals surface area (Å²) in [6.07, 6.45) is 0. The molecule has 1 N–H and O–H groups in total. The van der Waals surface area contributed by atoms with E-state index < -0.39 is 10.0 Å². The number of sulfonamides is 1. The topological polar surface area (TPSA) is 79.0 Å². The highest BCUT2D eigenvalue weighted by molar-refractivity contribution is 7.89. The number of piperazine rings is 1. The van der Waals surface area contributed by atoms with Gasteiger partial charge in [-0.1, -0.05) is 60.7 Å². The lowest BCUT2D eigenvalue weighted by atomic mass is 10.1. The summed E-state index contributed by atoms with van der Waals surface area (Å²) in [7, 11) is -3.46. The Morgan fingerprint density at radius 1 is 0.718 bits per heavy atom. The molecule has 1 amide bonds. The maximum Gasteiger partial charge on any atom is 0.255 e. The van der Waals surface area contributed by atoms with E-state index in [0.29, 0.717) is 55.5 Å². The summed E-state index contributed by atoms with van der Waals surface area (Å²) in [5.74, 6) is 0.555. The lowest BCUT2D eigenvalue weighted by Crippen LogP contribution is -2.48. The summed E-state index contributed by atoms with van der Waals surface area (Å²) < 4.78 is 33.1. The van der Waals surface area contributed by atoms with Gasteiger partial charge in [0.2, 0.25) is 10.0 Å². The fourth-order valence-corrected chi connectivity index (χ4v) is 5.91. The molecule has 39 heavy (non-hydrogen) atoms. The highest BCUT2D eigenvalue weighted by Gasteiger charge is 2.28. The van der Waals surface area contributed by atoms with Crippen LogP contribution in [0, 0.1) is 0 Å². The zero-order valence-electron chi connectivity index (χ0n) is 21.6. The summed E-state index contributed by atoms with van der Waals surface area (Å²) in [4.78, 5) is 15.3. The number of nitrogens with zero attached hydrogens (tertiary/aromatic N) is 2. The molecular formula is C31H31N3O4S. The third-order valence-corrected chi connectivity index (χ3v) is 8.61. The number of amides is 1. The first-order valence-corrected chi connectivity index (χ1v) is 14.4. The molecule has 8 heteroatoms. The fourth-order valence-electron chi connectivity index (χ4n) is 4.47. The van der Waals surface area contributed by atoms with Gasteiger partial charge in [-0.15, -0.1) is 0 Å². The van der Waals surface area contributed by atoms with Crippen molar-refractivity contribution in [3.8, 4) is 5.75 Å². The van der Waals surface area contributed by atoms with Gasteiger partial charge in [0.1, 0.15) is 12.4 Å². The van der Waals surface area contributed by atoms with Crippen LogP contribution in [0.2, 0.25) is 0 Å². The summed E-state index contributed by atoms with van der Waals surface area (Å²) in [5, 5.41) is 2.93. The molecular weight excluding hydrogens is 510 g/mol. The Labute approximate surface area is 229 Å². The van der Waals surface area contributed by atoms with E-state index in [9.17, 15) is 13.2 Å². The molecule has 0 spiro atoms. The standard InChI is InChI=1S/C31H31N3O4S/c35-31(32-28-15-17-29(18-16-28)38-24-26-7-3-1-4-8-26)27-13-11-25(12-14-27)23-33-19-21-34(22-20-33)39(36,37)30-9-5-2-6-10-30/h1-18H,19-24H2,(H,32,35). The second-order valence-corrected chi connectivity index (χ2v) is 11.4. The predicted molar refractivity (Wildman–Crippen MR) is 152 cm³/mol. The lowest BCUT2D eigenvalue weighted by molar-refractivity contribution is 0.102. The molecule has 0 bridgehead atoms. The third kappa shape index (κ3) is 6.92. The zero-order valence-corrected chi connectivity index (χ0v) is 22.4. The van der Waals surface area contributed by atoms with Gasteiger partial charge in [0.05, 0.1) is 4.90 Å². The largest absolute Gasteiger partial charge is 0.489 e. The van der Waals surface area contributed by atoms with Crippen molar-refractivity contribution in [2.24, 2.45) is 0 Å². The van der Waals surface area contributed by atoms with Crippen molar-refractivity contribution in [3.05, 3.63) is 126 Å². The van der Waals surface area contributed by atoms with E-state index in [4.69, 9.17) is 4.74 Å². The normalized spacial score (nSPS) is 14.6. The van der Waals surface area contributed by atoms with Gasteiger partial charge in [-0.3, -0.25) is 9.69 Å². The van der Waals surface area contributed by atoms with Crippen molar-refractivity contribution in [1.29, 1.82) is 0 Å². The first-order valence-electron chi connectivity index (χ1n) is 12.9. The number of benzene rings is 4. The molecule has 0 radical (unpaired) electrons. The molecule has 1 heterocycles. The van der Waals surface area contributed by atoms with E-state index in [0.717, 1.165) is 16.9 Å². The van der Waals surface area contributed by atoms with Gasteiger partial charge in [0.15, 0.2) is 0 Å². The second kappa shape index (κ2) is 12.3. The van der Waals surface area contributed by atoms with Crippen molar-refractivity contribution in [2.45, 2.75) is 18.0 Å². The Balaban J connectivity index is 1.09. The smallest absolute Gasteiger partial charge is 0.255 e. The van der Waals surface area contributed by atoms with Crippen molar-refractivity contribution < 1.29 is 17.9 Å². The molecule has 5 rings (SSSR count). The van der Waals surface area contributed by atoms with Crippen LogP contribution in [0.1, 0.15) is 21.5 Å². The number of hydrogen-bond acceptors (Lipinski definition) is 5. The minimum atomic E-state index is -3.46. The number of ether oxygens (including phenoxy) is 1. The molecule has 1 fully saturated rings. The van der Waals surface area contributed by atoms with Crippen LogP contribution >= 0.6 is 0 Å². The van der Waals surface area contributed by atoms with E-state index in [1.807, 2.05) is 84.9 Å². The molecule has 0 aromatic heterocycles. The summed E-state index contributed by atoms with van der Waals surface area (Å²) >= 11 is 0. The minimum Gasteiger partial charge on any atom is -0.489 e. The van der Waals surface area contributed by atoms with Crippen LogP contribution in [-0.4, -0.2) is 49.7 Å². The molecule has 1 saturated heterocycles. The van der Waals surface area contributed by atoms with Gasteiger partial charge in [0, 0.05) is 44.0 Å². The number of rotatable bonds is 9. The van der Waals surface area contributed by atoms with E-state index in [2.05, 4.69) is 10.2 Å². The molecule has 200 valence electrons. The molecule has 7 nitrogen and oxygen atoms in total. The van der Waals surface area contributed by atoms with Crippen molar-refractivity contribution in [1.82, 2.24) is 9.21 Å². The molecule has 4 aromatic rings. The quantitative estimate of drug-likeness (QED) is 0.322. The molecule has 1 aliphatic rings. The van der Waals surface area contributed by atoms with Crippen molar-refractivity contribution in [3.63, 3.8) is 0 Å². The maximum absolute atomic E-state index is 12.8. The Morgan fingerprint density at radius 2 is 1.33 bits per heavy atom. The Kier molecular flexibility index (Phi) is 8.36. The van der Waals surface area contributed by atoms with E-state index in [1.54, 1.807) is 28.6 Å². The Hall–Kier alpha value is -3.98. The summed E-state index contributed by atoms with van der Waals surface area (Å²) in [6, 6.07) is 33.4. The van der Waals surface area contributed by atoms with Gasteiger partial charge in [0.25, 0.3) is 5.91 Å². The van der Waals surface area contributed by atoms with Crippen LogP contribution in [0.3, 0.4) is 0 Å². The van der Waals surface area contributed by atoms with Crippen LogP contribution in [0.5, 0.6) is 5.75 Å². The number of carbonyl (C=O) groups excluding carboxylic acids is 1. The van der Waals surface area contributed by atoms with Gasteiger partial charge in [-0.25, -0.2) is 8.42 Å². The molecule has 0 saturated carbocycles. The maximum atomic E-state index is 12.8. The molecule has 1 aliphatic heterocycles. The van der Waals surface area contributed by atoms with Gasteiger partial charge >= 0.3 is 0 Å². The predicted octanol–water partition coefficient (Wildman–Crippen LogP) is 5.02. The zero-order chi connectivity index (χ0) is 27.1. The average Bonchev–Trinajstić information content (AvgIpc) is 2.98. The first kappa shape index (κ1) is 26.6. The molecule has 4 aromatic carbocycles. The number of anilines is 1. The highest BCUT2D eigenvalue weighted by Crippen LogP contribution is 2.20. The van der Waals surface area contributed by atoms with Crippen LogP contribution < -0.4 is 10.1 Å². The second-order valence-electron chi connectivity index (χ2n) is 9.44. The van der Waals surface area contributed by atoms with Crippen LogP contribution in [0.4, 0.5) is 5.69 Å². The van der Waals surface area contributed by atoms with E-state index in [-0.39, 0.29) is 5.91 Å². The van der Waals surface area contributed by atoms with Gasteiger partial charge in [-0.2, -0.15) is 4.31 Å². The van der Waals surface area contributed by atoms with Crippen LogP contribution in [0.15, 0.2) is 114 Å². The lowest BCUT2D eigenvalue weighted by Gasteiger charge is -2.34. The van der Waals surface area contributed by atoms with E-state index >= 15 is 0 Å². The molecule has 0 atom stereocenters. The van der Waals surface area contributed by atoms with Crippen molar-refractivity contribution in [2.75, 3.05) is 31.5 Å². The fraction of sp³-hybridized carbons (Fsp3) is 0.194. The first-order chi connectivity index (χ1) is 19.0. The molecule has 0 aliphatic carbocycles. The number of carbonyl (C=O) groups is 1. The highest BCUT2D eigenvalue weighted by atomic mass is 32.2. The SMILES string of the molecule is O=C(Nc1ccc(OCc2ccccc2)cc1)c1ccc(CN2CCN(S(=O)(=O)c3ccccc3)CC2)cc1. The monoisotopic (exact) mass is 541 g/mol. The van der Waals surface area contributed by atoms with E-state index in [1.165, 1.54) is 0 Å². The van der Waals surface area contributed by atoms with Crippen LogP contribution in [0.25, 0.3) is 0 Å². The summed E-state index contributed by atoms with van der Waals surface area (Å²) in [6.45, 7) is 3.40. The van der Waals surface area contributed by atoms with Gasteiger partial charge < -0.3 is 10.1 Å². The van der Waals surface area contributed by atoms with Crippen LogP contribution in [-0.2, 0) is 23.2 Å². The Bertz CT molecular complexity index is 1470. The minimum absolute atomic E-state index is 0.181. The van der Waals surface area contributed by atoms with Crippen molar-refractivity contribution >= 4 is 21.6 Å². The third-order valence-electron chi connectivity index (χ3n) is 6.70. The summed E-state index contributed by atoms with van der Waals surface area (Å²) in [5.41, 5.74) is 3.43. The molecule has 0 unspecified atom stereocenters. The number of hydrogen-bond donors (Lipinski definition) is 1. The average molecular weight is 542 g/mol. The van der Waals surface area contributed by atoms with Gasteiger partial charge in [-0.05, 0) is 59.7 Å². The number of nitrogens with one attached hydrogen (secondary N) is 1.